The predicted molar refractivity (Wildman–Crippen MR) is 112 cm³/mol. The molecule has 0 radical (unpaired) electrons. The summed E-state index contributed by atoms with van der Waals surface area (Å²) >= 11 is 0. The van der Waals surface area contributed by atoms with Crippen LogP contribution in [0.5, 0.6) is 0 Å². The number of carbonyl (C=O) groups excluding carboxylic acids is 2. The molecule has 31 heavy (non-hydrogen) atoms. The Morgan fingerprint density at radius 1 is 1.13 bits per heavy atom. The third kappa shape index (κ3) is 3.29. The normalized spacial score (nSPS) is 25.5. The molecule has 8 nitrogen and oxygen atoms in total. The SMILES string of the molecule is CC(=O)c1cnc(N2CC3(CCC(C(N)=O)(S(C)(=O)=O)CC3)c3ccc(F)cc32)nc1. The largest absolute Gasteiger partial charge is 0.368 e. The number of ketones is 1. The standard InChI is InChI=1S/C21H23FN4O4S/c1-13(27)14-10-24-19(25-11-14)26-12-20(16-4-3-15(22)9-17(16)26)5-7-21(8-6-20,18(23)28)31(2,29)30/h3-4,9-11H,5-8,12H2,1-2H3,(H2,23,28). The summed E-state index contributed by atoms with van der Waals surface area (Å²) < 4.78 is 37.3. The van der Waals surface area contributed by atoms with Crippen LogP contribution in [0.4, 0.5) is 16.0 Å². The fraction of sp³-hybridized carbons (Fsp3) is 0.429. The number of hydrogen-bond acceptors (Lipinski definition) is 7. The molecular formula is C21H23FN4O4S. The number of Topliss-reactive ketones (excluding diaryl/α,β-unsaturated/α-hetero) is 1. The van der Waals surface area contributed by atoms with Gasteiger partial charge in [0.2, 0.25) is 11.9 Å². The number of rotatable bonds is 4. The molecule has 2 N–H and O–H groups in total. The summed E-state index contributed by atoms with van der Waals surface area (Å²) in [4.78, 5) is 34.0. The maximum atomic E-state index is 14.1. The van der Waals surface area contributed by atoms with Crippen LogP contribution in [0.25, 0.3) is 0 Å². The molecule has 1 saturated carbocycles. The van der Waals surface area contributed by atoms with E-state index in [4.69, 9.17) is 5.73 Å². The molecule has 1 amide bonds. The summed E-state index contributed by atoms with van der Waals surface area (Å²) in [6, 6.07) is 4.47. The lowest BCUT2D eigenvalue weighted by Gasteiger charge is -2.42. The van der Waals surface area contributed by atoms with Crippen molar-refractivity contribution in [2.45, 2.75) is 42.8 Å². The number of amides is 1. The minimum Gasteiger partial charge on any atom is -0.368 e. The predicted octanol–water partition coefficient (Wildman–Crippen LogP) is 2.05. The number of fused-ring (bicyclic) bond motifs is 2. The molecule has 1 aromatic carbocycles. The van der Waals surface area contributed by atoms with Crippen LogP contribution in [-0.4, -0.2) is 47.6 Å². The topological polar surface area (TPSA) is 123 Å². The minimum atomic E-state index is -3.70. The molecule has 10 heteroatoms. The summed E-state index contributed by atoms with van der Waals surface area (Å²) in [5.74, 6) is -1.09. The lowest BCUT2D eigenvalue weighted by Crippen LogP contribution is -2.55. The van der Waals surface area contributed by atoms with Crippen molar-refractivity contribution >= 4 is 33.2 Å². The van der Waals surface area contributed by atoms with Gasteiger partial charge in [-0.3, -0.25) is 9.59 Å². The second-order valence-electron chi connectivity index (χ2n) is 8.49. The van der Waals surface area contributed by atoms with E-state index < -0.39 is 31.7 Å². The smallest absolute Gasteiger partial charge is 0.238 e. The van der Waals surface area contributed by atoms with Crippen molar-refractivity contribution in [3.8, 4) is 0 Å². The van der Waals surface area contributed by atoms with E-state index in [9.17, 15) is 22.4 Å². The van der Waals surface area contributed by atoms with Crippen LogP contribution in [0, 0.1) is 5.82 Å². The van der Waals surface area contributed by atoms with Gasteiger partial charge < -0.3 is 10.6 Å². The molecule has 1 spiro atoms. The minimum absolute atomic E-state index is 0.0932. The Balaban J connectivity index is 1.73. The van der Waals surface area contributed by atoms with E-state index in [-0.39, 0.29) is 18.6 Å². The number of nitrogens with two attached hydrogens (primary N) is 1. The highest BCUT2D eigenvalue weighted by atomic mass is 32.2. The number of primary amides is 1. The van der Waals surface area contributed by atoms with E-state index in [0.717, 1.165) is 11.8 Å². The molecule has 1 fully saturated rings. The highest BCUT2D eigenvalue weighted by molar-refractivity contribution is 7.92. The maximum Gasteiger partial charge on any atom is 0.238 e. The third-order valence-electron chi connectivity index (χ3n) is 6.74. The molecule has 1 aromatic heterocycles. The number of halogens is 1. The van der Waals surface area contributed by atoms with Gasteiger partial charge in [0.05, 0.1) is 11.3 Å². The first kappa shape index (κ1) is 21.4. The molecule has 1 aliphatic carbocycles. The molecule has 0 unspecified atom stereocenters. The number of benzene rings is 1. The third-order valence-corrected chi connectivity index (χ3v) is 8.77. The monoisotopic (exact) mass is 446 g/mol. The van der Waals surface area contributed by atoms with Gasteiger partial charge in [-0.1, -0.05) is 6.07 Å². The number of anilines is 2. The van der Waals surface area contributed by atoms with Gasteiger partial charge in [-0.2, -0.15) is 0 Å². The van der Waals surface area contributed by atoms with E-state index in [1.165, 1.54) is 31.5 Å². The quantitative estimate of drug-likeness (QED) is 0.713. The Kier molecular flexibility index (Phi) is 4.88. The Morgan fingerprint density at radius 2 is 1.74 bits per heavy atom. The van der Waals surface area contributed by atoms with Gasteiger partial charge in [-0.05, 0) is 50.3 Å². The molecule has 164 valence electrons. The van der Waals surface area contributed by atoms with E-state index >= 15 is 0 Å². The molecule has 2 aliphatic rings. The van der Waals surface area contributed by atoms with Gasteiger partial charge in [0.25, 0.3) is 0 Å². The average molecular weight is 447 g/mol. The molecule has 0 atom stereocenters. The van der Waals surface area contributed by atoms with Crippen LogP contribution in [0.15, 0.2) is 30.6 Å². The summed E-state index contributed by atoms with van der Waals surface area (Å²) in [5.41, 5.74) is 6.86. The molecule has 0 saturated heterocycles. The highest BCUT2D eigenvalue weighted by Crippen LogP contribution is 2.53. The molecule has 4 rings (SSSR count). The van der Waals surface area contributed by atoms with Crippen molar-refractivity contribution in [3.05, 3.63) is 47.5 Å². The molecule has 2 aromatic rings. The van der Waals surface area contributed by atoms with E-state index in [1.807, 2.05) is 0 Å². The van der Waals surface area contributed by atoms with Gasteiger partial charge in [-0.15, -0.1) is 0 Å². The Bertz CT molecular complexity index is 1170. The first-order valence-electron chi connectivity index (χ1n) is 9.89. The number of aromatic nitrogens is 2. The van der Waals surface area contributed by atoms with Crippen molar-refractivity contribution in [1.82, 2.24) is 9.97 Å². The first-order chi connectivity index (χ1) is 14.5. The lowest BCUT2D eigenvalue weighted by molar-refractivity contribution is -0.121. The Labute approximate surface area is 179 Å². The van der Waals surface area contributed by atoms with Gasteiger partial charge >= 0.3 is 0 Å². The Morgan fingerprint density at radius 3 is 2.26 bits per heavy atom. The van der Waals surface area contributed by atoms with Crippen LogP contribution in [0.1, 0.15) is 48.5 Å². The van der Waals surface area contributed by atoms with Crippen LogP contribution in [-0.2, 0) is 20.0 Å². The molecule has 2 heterocycles. The van der Waals surface area contributed by atoms with Crippen molar-refractivity contribution in [2.24, 2.45) is 5.73 Å². The first-order valence-corrected chi connectivity index (χ1v) is 11.8. The van der Waals surface area contributed by atoms with Crippen molar-refractivity contribution < 1.29 is 22.4 Å². The molecular weight excluding hydrogens is 423 g/mol. The van der Waals surface area contributed by atoms with Gasteiger partial charge in [-0.25, -0.2) is 22.8 Å². The number of nitrogens with zero attached hydrogens (tertiary/aromatic N) is 3. The number of hydrogen-bond donors (Lipinski definition) is 1. The number of sulfone groups is 1. The van der Waals surface area contributed by atoms with Gasteiger partial charge in [0, 0.05) is 30.6 Å². The van der Waals surface area contributed by atoms with E-state index in [2.05, 4.69) is 9.97 Å². The molecule has 0 bridgehead atoms. The van der Waals surface area contributed by atoms with Crippen LogP contribution >= 0.6 is 0 Å². The summed E-state index contributed by atoms with van der Waals surface area (Å²) in [7, 11) is -3.70. The average Bonchev–Trinajstić information content (AvgIpc) is 3.01. The summed E-state index contributed by atoms with van der Waals surface area (Å²) in [6.45, 7) is 1.83. The van der Waals surface area contributed by atoms with Gasteiger partial charge in [0.1, 0.15) is 10.6 Å². The van der Waals surface area contributed by atoms with E-state index in [0.29, 0.717) is 36.6 Å². The second kappa shape index (κ2) is 7.08. The van der Waals surface area contributed by atoms with Crippen molar-refractivity contribution in [2.75, 3.05) is 17.7 Å². The van der Waals surface area contributed by atoms with E-state index in [1.54, 1.807) is 11.0 Å². The van der Waals surface area contributed by atoms with Crippen molar-refractivity contribution in [3.63, 3.8) is 0 Å². The van der Waals surface area contributed by atoms with Gasteiger partial charge in [0.15, 0.2) is 15.6 Å². The maximum absolute atomic E-state index is 14.1. The summed E-state index contributed by atoms with van der Waals surface area (Å²) in [5, 5.41) is 0. The van der Waals surface area contributed by atoms with Crippen LogP contribution in [0.3, 0.4) is 0 Å². The number of carbonyl (C=O) groups is 2. The zero-order valence-corrected chi connectivity index (χ0v) is 18.1. The summed E-state index contributed by atoms with van der Waals surface area (Å²) in [6.07, 6.45) is 4.87. The molecule has 1 aliphatic heterocycles. The highest BCUT2D eigenvalue weighted by Gasteiger charge is 2.55. The Hall–Kier alpha value is -2.88. The van der Waals surface area contributed by atoms with Crippen LogP contribution in [0.2, 0.25) is 0 Å². The fourth-order valence-corrected chi connectivity index (χ4v) is 6.14. The second-order valence-corrected chi connectivity index (χ2v) is 10.8. The van der Waals surface area contributed by atoms with Crippen molar-refractivity contribution in [1.29, 1.82) is 0 Å². The lowest BCUT2D eigenvalue weighted by atomic mass is 9.67. The van der Waals surface area contributed by atoms with Crippen LogP contribution < -0.4 is 10.6 Å². The zero-order valence-electron chi connectivity index (χ0n) is 17.3. The fourth-order valence-electron chi connectivity index (χ4n) is 4.83. The zero-order chi connectivity index (χ0) is 22.6.